The van der Waals surface area contributed by atoms with E-state index in [1.54, 1.807) is 4.90 Å². The Labute approximate surface area is 202 Å². The van der Waals surface area contributed by atoms with E-state index in [0.29, 0.717) is 25.3 Å². The molecule has 34 heavy (non-hydrogen) atoms. The Morgan fingerprint density at radius 1 is 0.824 bits per heavy atom. The van der Waals surface area contributed by atoms with Crippen molar-refractivity contribution in [1.29, 1.82) is 0 Å². The summed E-state index contributed by atoms with van der Waals surface area (Å²) in [5.74, 6) is 0.263. The normalized spacial score (nSPS) is 11.5. The molecule has 3 rings (SSSR count). The van der Waals surface area contributed by atoms with Gasteiger partial charge in [-0.3, -0.25) is 9.59 Å². The van der Waals surface area contributed by atoms with Crippen LogP contribution in [0.4, 0.5) is 0 Å². The third kappa shape index (κ3) is 7.48. The van der Waals surface area contributed by atoms with Gasteiger partial charge in [0.2, 0.25) is 5.91 Å². The van der Waals surface area contributed by atoms with Crippen LogP contribution in [0.2, 0.25) is 0 Å². The van der Waals surface area contributed by atoms with Gasteiger partial charge in [0.1, 0.15) is 11.8 Å². The first kappa shape index (κ1) is 25.0. The molecular formula is C29H34N2O3. The number of benzene rings is 3. The Morgan fingerprint density at radius 3 is 2.03 bits per heavy atom. The van der Waals surface area contributed by atoms with Crippen LogP contribution >= 0.6 is 0 Å². The molecule has 178 valence electrons. The number of carbonyl (C=O) groups is 2. The summed E-state index contributed by atoms with van der Waals surface area (Å²) in [6.07, 6.45) is 2.20. The van der Waals surface area contributed by atoms with Gasteiger partial charge in [-0.25, -0.2) is 0 Å². The lowest BCUT2D eigenvalue weighted by atomic mass is 10.0. The number of nitrogens with zero attached hydrogens (tertiary/aromatic N) is 1. The van der Waals surface area contributed by atoms with Gasteiger partial charge in [0, 0.05) is 19.5 Å². The Hall–Kier alpha value is -3.60. The molecule has 5 nitrogen and oxygen atoms in total. The van der Waals surface area contributed by atoms with Crippen molar-refractivity contribution in [3.05, 3.63) is 102 Å². The van der Waals surface area contributed by atoms with E-state index in [9.17, 15) is 9.59 Å². The van der Waals surface area contributed by atoms with Crippen LogP contribution in [0.25, 0.3) is 0 Å². The number of hydrogen-bond acceptors (Lipinski definition) is 3. The summed E-state index contributed by atoms with van der Waals surface area (Å²) in [7, 11) is 0. The van der Waals surface area contributed by atoms with Crippen LogP contribution in [0.15, 0.2) is 84.9 Å². The number of rotatable bonds is 12. The SMILES string of the molecule is CCCNC(=O)[C@H](Cc1ccccc1)N(Cc1ccccc1)C(=O)COc1ccc(CC)cc1. The summed E-state index contributed by atoms with van der Waals surface area (Å²) in [5, 5.41) is 2.99. The Bertz CT molecular complexity index is 1020. The second kappa shape index (κ2) is 13.2. The molecule has 0 unspecified atom stereocenters. The van der Waals surface area contributed by atoms with Gasteiger partial charge < -0.3 is 15.0 Å². The summed E-state index contributed by atoms with van der Waals surface area (Å²) in [6, 6.07) is 26.7. The largest absolute Gasteiger partial charge is 0.484 e. The molecule has 3 aromatic rings. The van der Waals surface area contributed by atoms with Gasteiger partial charge in [0.05, 0.1) is 0 Å². The van der Waals surface area contributed by atoms with Crippen molar-refractivity contribution in [2.45, 2.75) is 45.7 Å². The highest BCUT2D eigenvalue weighted by molar-refractivity contribution is 5.88. The van der Waals surface area contributed by atoms with Gasteiger partial charge in [0.25, 0.3) is 5.91 Å². The fraction of sp³-hybridized carbons (Fsp3) is 0.310. The number of hydrogen-bond donors (Lipinski definition) is 1. The van der Waals surface area contributed by atoms with E-state index in [4.69, 9.17) is 4.74 Å². The van der Waals surface area contributed by atoms with E-state index < -0.39 is 6.04 Å². The maximum atomic E-state index is 13.5. The van der Waals surface area contributed by atoms with E-state index in [1.807, 2.05) is 91.9 Å². The van der Waals surface area contributed by atoms with Gasteiger partial charge in [-0.05, 0) is 41.7 Å². The Morgan fingerprint density at radius 2 is 1.44 bits per heavy atom. The summed E-state index contributed by atoms with van der Waals surface area (Å²) < 4.78 is 5.82. The smallest absolute Gasteiger partial charge is 0.261 e. The van der Waals surface area contributed by atoms with Crippen LogP contribution in [0.1, 0.15) is 37.0 Å². The zero-order valence-electron chi connectivity index (χ0n) is 20.1. The molecule has 0 spiro atoms. The topological polar surface area (TPSA) is 58.6 Å². The van der Waals surface area contributed by atoms with Gasteiger partial charge in [0.15, 0.2) is 6.61 Å². The molecular weight excluding hydrogens is 424 g/mol. The number of ether oxygens (including phenoxy) is 1. The maximum absolute atomic E-state index is 13.5. The molecule has 5 heteroatoms. The molecule has 0 saturated carbocycles. The highest BCUT2D eigenvalue weighted by Crippen LogP contribution is 2.17. The Kier molecular flexibility index (Phi) is 9.71. The van der Waals surface area contributed by atoms with Crippen molar-refractivity contribution in [3.8, 4) is 5.75 Å². The highest BCUT2D eigenvalue weighted by atomic mass is 16.5. The van der Waals surface area contributed by atoms with Crippen LogP contribution in [-0.2, 0) is 29.0 Å². The number of nitrogens with one attached hydrogen (secondary N) is 1. The lowest BCUT2D eigenvalue weighted by molar-refractivity contribution is -0.142. The van der Waals surface area contributed by atoms with Gasteiger partial charge >= 0.3 is 0 Å². The van der Waals surface area contributed by atoms with Crippen molar-refractivity contribution >= 4 is 11.8 Å². The molecule has 1 N–H and O–H groups in total. The number of aryl methyl sites for hydroxylation is 1. The first-order valence-corrected chi connectivity index (χ1v) is 12.0. The molecule has 0 aromatic heterocycles. The summed E-state index contributed by atoms with van der Waals surface area (Å²) in [4.78, 5) is 28.4. The first-order chi connectivity index (χ1) is 16.6. The summed E-state index contributed by atoms with van der Waals surface area (Å²) in [5.41, 5.74) is 3.17. The molecule has 0 fully saturated rings. The second-order valence-electron chi connectivity index (χ2n) is 8.29. The molecule has 0 aliphatic heterocycles. The van der Waals surface area contributed by atoms with E-state index in [1.165, 1.54) is 5.56 Å². The first-order valence-electron chi connectivity index (χ1n) is 12.0. The Balaban J connectivity index is 1.84. The van der Waals surface area contributed by atoms with Crippen LogP contribution in [0.3, 0.4) is 0 Å². The summed E-state index contributed by atoms with van der Waals surface area (Å²) in [6.45, 7) is 4.87. The number of amides is 2. The third-order valence-electron chi connectivity index (χ3n) is 5.71. The minimum Gasteiger partial charge on any atom is -0.484 e. The van der Waals surface area contributed by atoms with Gasteiger partial charge in [-0.1, -0.05) is 86.6 Å². The molecule has 2 amide bonds. The van der Waals surface area contributed by atoms with Crippen LogP contribution in [0.5, 0.6) is 5.75 Å². The molecule has 0 aliphatic rings. The second-order valence-corrected chi connectivity index (χ2v) is 8.29. The van der Waals surface area contributed by atoms with E-state index >= 15 is 0 Å². The fourth-order valence-electron chi connectivity index (χ4n) is 3.75. The quantitative estimate of drug-likeness (QED) is 0.424. The predicted molar refractivity (Wildman–Crippen MR) is 136 cm³/mol. The van der Waals surface area contributed by atoms with Gasteiger partial charge in [-0.15, -0.1) is 0 Å². The minimum atomic E-state index is -0.646. The third-order valence-corrected chi connectivity index (χ3v) is 5.71. The average Bonchev–Trinajstić information content (AvgIpc) is 2.89. The van der Waals surface area contributed by atoms with Crippen molar-refractivity contribution < 1.29 is 14.3 Å². The maximum Gasteiger partial charge on any atom is 0.261 e. The van der Waals surface area contributed by atoms with Crippen molar-refractivity contribution in [2.75, 3.05) is 13.2 Å². The average molecular weight is 459 g/mol. The number of carbonyl (C=O) groups excluding carboxylic acids is 2. The molecule has 3 aromatic carbocycles. The monoisotopic (exact) mass is 458 g/mol. The minimum absolute atomic E-state index is 0.134. The lowest BCUT2D eigenvalue weighted by Gasteiger charge is -2.31. The van der Waals surface area contributed by atoms with E-state index in [-0.39, 0.29) is 18.4 Å². The van der Waals surface area contributed by atoms with Crippen molar-refractivity contribution in [1.82, 2.24) is 10.2 Å². The molecule has 1 atom stereocenters. The van der Waals surface area contributed by atoms with E-state index in [0.717, 1.165) is 24.0 Å². The molecule has 0 saturated heterocycles. The standard InChI is InChI=1S/C29H34N2O3/c1-3-19-30-29(33)27(20-24-11-7-5-8-12-24)31(21-25-13-9-6-10-14-25)28(32)22-34-26-17-15-23(4-2)16-18-26/h5-18,27H,3-4,19-22H2,1-2H3,(H,30,33)/t27-/m0/s1. The highest BCUT2D eigenvalue weighted by Gasteiger charge is 2.30. The lowest BCUT2D eigenvalue weighted by Crippen LogP contribution is -2.51. The van der Waals surface area contributed by atoms with Crippen LogP contribution in [0, 0.1) is 0 Å². The van der Waals surface area contributed by atoms with Gasteiger partial charge in [-0.2, -0.15) is 0 Å². The zero-order chi connectivity index (χ0) is 24.2. The predicted octanol–water partition coefficient (Wildman–Crippen LogP) is 4.79. The molecule has 0 bridgehead atoms. The molecule has 0 radical (unpaired) electrons. The van der Waals surface area contributed by atoms with Crippen molar-refractivity contribution in [3.63, 3.8) is 0 Å². The van der Waals surface area contributed by atoms with Crippen LogP contribution < -0.4 is 10.1 Å². The molecule has 0 aliphatic carbocycles. The zero-order valence-corrected chi connectivity index (χ0v) is 20.1. The molecule has 0 heterocycles. The van der Waals surface area contributed by atoms with E-state index in [2.05, 4.69) is 12.2 Å². The van der Waals surface area contributed by atoms with Crippen molar-refractivity contribution in [2.24, 2.45) is 0 Å². The fourth-order valence-corrected chi connectivity index (χ4v) is 3.75. The summed E-state index contributed by atoms with van der Waals surface area (Å²) >= 11 is 0. The van der Waals surface area contributed by atoms with Crippen LogP contribution in [-0.4, -0.2) is 35.9 Å².